The second-order valence-electron chi connectivity index (χ2n) is 7.19. The average Bonchev–Trinajstić information content (AvgIpc) is 3.36. The number of nitrogens with zero attached hydrogens (tertiary/aromatic N) is 4. The molecule has 1 unspecified atom stereocenters. The molecule has 1 fully saturated rings. The Morgan fingerprint density at radius 3 is 2.96 bits per heavy atom. The van der Waals surface area contributed by atoms with Crippen molar-refractivity contribution in [3.8, 4) is 11.4 Å². The van der Waals surface area contributed by atoms with Crippen molar-refractivity contribution in [3.05, 3.63) is 53.2 Å². The van der Waals surface area contributed by atoms with Gasteiger partial charge >= 0.3 is 0 Å². The molecule has 0 aliphatic carbocycles. The first-order chi connectivity index (χ1) is 12.7. The zero-order chi connectivity index (χ0) is 17.9. The Morgan fingerprint density at radius 1 is 1.27 bits per heavy atom. The minimum Gasteiger partial charge on any atom is -0.339 e. The number of benzene rings is 1. The first kappa shape index (κ1) is 17.0. The molecule has 6 heteroatoms. The van der Waals surface area contributed by atoms with Gasteiger partial charge in [0.1, 0.15) is 0 Å². The first-order valence-corrected chi connectivity index (χ1v) is 9.31. The highest BCUT2D eigenvalue weighted by Crippen LogP contribution is 2.20. The van der Waals surface area contributed by atoms with Crippen LogP contribution >= 0.6 is 0 Å². The highest BCUT2D eigenvalue weighted by molar-refractivity contribution is 5.55. The summed E-state index contributed by atoms with van der Waals surface area (Å²) < 4.78 is 7.48. The van der Waals surface area contributed by atoms with Crippen LogP contribution < -0.4 is 5.32 Å². The Hall–Kier alpha value is -2.47. The van der Waals surface area contributed by atoms with Crippen LogP contribution in [0.2, 0.25) is 0 Å². The lowest BCUT2D eigenvalue weighted by Crippen LogP contribution is -2.09. The molecule has 2 aromatic heterocycles. The van der Waals surface area contributed by atoms with Crippen LogP contribution in [0.15, 0.2) is 34.9 Å². The van der Waals surface area contributed by atoms with Crippen molar-refractivity contribution in [3.63, 3.8) is 0 Å². The quantitative estimate of drug-likeness (QED) is 0.739. The van der Waals surface area contributed by atoms with Gasteiger partial charge in [-0.3, -0.25) is 4.68 Å². The molecule has 0 saturated carbocycles. The fourth-order valence-electron chi connectivity index (χ4n) is 3.58. The van der Waals surface area contributed by atoms with E-state index >= 15 is 0 Å². The van der Waals surface area contributed by atoms with Crippen LogP contribution in [0.4, 0.5) is 0 Å². The van der Waals surface area contributed by atoms with Crippen LogP contribution in [-0.4, -0.2) is 33.0 Å². The minimum atomic E-state index is 0.666. The van der Waals surface area contributed by atoms with Gasteiger partial charge in [-0.05, 0) is 63.4 Å². The molecule has 1 N–H and O–H groups in total. The monoisotopic (exact) mass is 351 g/mol. The van der Waals surface area contributed by atoms with Crippen molar-refractivity contribution < 1.29 is 4.52 Å². The number of aromatic nitrogens is 4. The van der Waals surface area contributed by atoms with Crippen molar-refractivity contribution in [1.82, 2.24) is 25.2 Å². The summed E-state index contributed by atoms with van der Waals surface area (Å²) in [7, 11) is 0. The number of hydrogen-bond acceptors (Lipinski definition) is 5. The van der Waals surface area contributed by atoms with Gasteiger partial charge < -0.3 is 9.84 Å². The third-order valence-electron chi connectivity index (χ3n) is 5.02. The molecule has 136 valence electrons. The average molecular weight is 351 g/mol. The molecule has 1 aliphatic rings. The molecule has 3 heterocycles. The fourth-order valence-corrected chi connectivity index (χ4v) is 3.58. The Bertz CT molecular complexity index is 876. The summed E-state index contributed by atoms with van der Waals surface area (Å²) >= 11 is 0. The molecule has 6 nitrogen and oxygen atoms in total. The topological polar surface area (TPSA) is 68.8 Å². The van der Waals surface area contributed by atoms with Crippen LogP contribution in [0, 0.1) is 19.8 Å². The van der Waals surface area contributed by atoms with Crippen LogP contribution in [-0.2, 0) is 13.0 Å². The van der Waals surface area contributed by atoms with Gasteiger partial charge in [-0.1, -0.05) is 23.4 Å². The van der Waals surface area contributed by atoms with E-state index in [1.165, 1.54) is 12.0 Å². The number of hydrogen-bond donors (Lipinski definition) is 1. The van der Waals surface area contributed by atoms with E-state index in [0.717, 1.165) is 61.2 Å². The standard InChI is InChI=1S/C20H25N5O/c1-14-10-15(2)25(23-14)13-17-4-3-5-18(11-17)20-22-19(26-24-20)7-6-16-8-9-21-12-16/h3-5,10-11,16,21H,6-9,12-13H2,1-2H3. The van der Waals surface area contributed by atoms with Crippen LogP contribution in [0.1, 0.15) is 35.7 Å². The Balaban J connectivity index is 1.45. The third kappa shape index (κ3) is 3.85. The second-order valence-corrected chi connectivity index (χ2v) is 7.19. The summed E-state index contributed by atoms with van der Waals surface area (Å²) in [6.07, 6.45) is 3.20. The van der Waals surface area contributed by atoms with E-state index in [2.05, 4.69) is 45.7 Å². The summed E-state index contributed by atoms with van der Waals surface area (Å²) in [5.41, 5.74) is 4.37. The summed E-state index contributed by atoms with van der Waals surface area (Å²) in [5.74, 6) is 2.13. The van der Waals surface area contributed by atoms with Gasteiger partial charge in [-0.25, -0.2) is 0 Å². The zero-order valence-electron chi connectivity index (χ0n) is 15.4. The summed E-state index contributed by atoms with van der Waals surface area (Å²) in [5, 5.41) is 12.1. The summed E-state index contributed by atoms with van der Waals surface area (Å²) in [6.45, 7) is 7.07. The van der Waals surface area contributed by atoms with Gasteiger partial charge in [0, 0.05) is 17.7 Å². The van der Waals surface area contributed by atoms with Crippen molar-refractivity contribution in [2.24, 2.45) is 5.92 Å². The predicted octanol–water partition coefficient (Wildman–Crippen LogP) is 3.14. The van der Waals surface area contributed by atoms with Crippen molar-refractivity contribution in [1.29, 1.82) is 0 Å². The zero-order valence-corrected chi connectivity index (χ0v) is 15.4. The molecule has 3 aromatic rings. The molecule has 4 rings (SSSR count). The van der Waals surface area contributed by atoms with E-state index in [4.69, 9.17) is 4.52 Å². The van der Waals surface area contributed by atoms with Crippen molar-refractivity contribution in [2.45, 2.75) is 39.7 Å². The number of rotatable bonds is 6. The lowest BCUT2D eigenvalue weighted by atomic mass is 10.0. The highest BCUT2D eigenvalue weighted by atomic mass is 16.5. The minimum absolute atomic E-state index is 0.666. The largest absolute Gasteiger partial charge is 0.339 e. The summed E-state index contributed by atoms with van der Waals surface area (Å²) in [6, 6.07) is 10.4. The van der Waals surface area contributed by atoms with Gasteiger partial charge in [0.25, 0.3) is 0 Å². The maximum absolute atomic E-state index is 5.46. The SMILES string of the molecule is Cc1cc(C)n(Cc2cccc(-c3noc(CCC4CCNC4)n3)c2)n1. The van der Waals surface area contributed by atoms with Gasteiger partial charge in [0.15, 0.2) is 0 Å². The molecule has 1 atom stereocenters. The molecular weight excluding hydrogens is 326 g/mol. The highest BCUT2D eigenvalue weighted by Gasteiger charge is 2.16. The van der Waals surface area contributed by atoms with E-state index in [9.17, 15) is 0 Å². The van der Waals surface area contributed by atoms with Gasteiger partial charge in [0.05, 0.1) is 12.2 Å². The van der Waals surface area contributed by atoms with Crippen LogP contribution in [0.5, 0.6) is 0 Å². The predicted molar refractivity (Wildman–Crippen MR) is 99.8 cm³/mol. The van der Waals surface area contributed by atoms with E-state index < -0.39 is 0 Å². The maximum Gasteiger partial charge on any atom is 0.226 e. The van der Waals surface area contributed by atoms with E-state index in [-0.39, 0.29) is 0 Å². The molecular formula is C20H25N5O. The molecule has 0 spiro atoms. The molecule has 0 amide bonds. The molecule has 0 bridgehead atoms. The molecule has 1 aromatic carbocycles. The van der Waals surface area contributed by atoms with Crippen LogP contribution in [0.3, 0.4) is 0 Å². The lowest BCUT2D eigenvalue weighted by Gasteiger charge is -2.06. The number of nitrogens with one attached hydrogen (secondary N) is 1. The van der Waals surface area contributed by atoms with Gasteiger partial charge in [-0.15, -0.1) is 0 Å². The fraction of sp³-hybridized carbons (Fsp3) is 0.450. The van der Waals surface area contributed by atoms with E-state index in [0.29, 0.717) is 5.82 Å². The second kappa shape index (κ2) is 7.41. The maximum atomic E-state index is 5.46. The normalized spacial score (nSPS) is 17.1. The van der Waals surface area contributed by atoms with Crippen LogP contribution in [0.25, 0.3) is 11.4 Å². The van der Waals surface area contributed by atoms with Gasteiger partial charge in [0.2, 0.25) is 11.7 Å². The smallest absolute Gasteiger partial charge is 0.226 e. The lowest BCUT2D eigenvalue weighted by molar-refractivity contribution is 0.365. The first-order valence-electron chi connectivity index (χ1n) is 9.31. The molecule has 0 radical (unpaired) electrons. The third-order valence-corrected chi connectivity index (χ3v) is 5.02. The van der Waals surface area contributed by atoms with Gasteiger partial charge in [-0.2, -0.15) is 10.1 Å². The van der Waals surface area contributed by atoms with E-state index in [1.54, 1.807) is 0 Å². The molecule has 1 aliphatic heterocycles. The number of aryl methyl sites for hydroxylation is 3. The molecule has 26 heavy (non-hydrogen) atoms. The van der Waals surface area contributed by atoms with E-state index in [1.807, 2.05) is 23.7 Å². The Labute approximate surface area is 153 Å². The Kier molecular flexibility index (Phi) is 4.84. The van der Waals surface area contributed by atoms with Crippen molar-refractivity contribution >= 4 is 0 Å². The Morgan fingerprint density at radius 2 is 2.19 bits per heavy atom. The van der Waals surface area contributed by atoms with Crippen molar-refractivity contribution in [2.75, 3.05) is 13.1 Å². The molecule has 1 saturated heterocycles. The summed E-state index contributed by atoms with van der Waals surface area (Å²) in [4.78, 5) is 4.59.